The van der Waals surface area contributed by atoms with Crippen molar-refractivity contribution in [2.75, 3.05) is 26.2 Å². The van der Waals surface area contributed by atoms with Gasteiger partial charge in [-0.05, 0) is 49.6 Å². The number of carbonyl (C=O) groups is 1. The van der Waals surface area contributed by atoms with E-state index in [4.69, 9.17) is 0 Å². The maximum atomic E-state index is 12.7. The number of aryl methyl sites for hydroxylation is 2. The summed E-state index contributed by atoms with van der Waals surface area (Å²) in [6, 6.07) is 14.4. The molecule has 30 heavy (non-hydrogen) atoms. The second-order valence-corrected chi connectivity index (χ2v) is 8.02. The second-order valence-electron chi connectivity index (χ2n) is 8.02. The van der Waals surface area contributed by atoms with Gasteiger partial charge >= 0.3 is 0 Å². The lowest BCUT2D eigenvalue weighted by Gasteiger charge is -2.23. The van der Waals surface area contributed by atoms with Crippen LogP contribution in [0.5, 0.6) is 0 Å². The number of pyridine rings is 1. The molecule has 1 amide bonds. The van der Waals surface area contributed by atoms with E-state index < -0.39 is 0 Å². The summed E-state index contributed by atoms with van der Waals surface area (Å²) in [6.07, 6.45) is 4.93. The maximum Gasteiger partial charge on any atom is 0.227 e. The molecule has 1 fully saturated rings. The number of para-hydroxylation sites is 1. The zero-order valence-corrected chi connectivity index (χ0v) is 17.8. The van der Waals surface area contributed by atoms with Crippen molar-refractivity contribution >= 4 is 5.91 Å². The number of amides is 1. The number of rotatable bonds is 5. The SMILES string of the molecule is Cc1cc(C)n(-c2ccccc2CN2CCCN(C(=O)Cc3cccnc3)CC2)n1. The van der Waals surface area contributed by atoms with Crippen LogP contribution in [0.4, 0.5) is 0 Å². The van der Waals surface area contributed by atoms with Crippen molar-refractivity contribution in [3.63, 3.8) is 0 Å². The molecule has 6 nitrogen and oxygen atoms in total. The van der Waals surface area contributed by atoms with Gasteiger partial charge in [-0.15, -0.1) is 0 Å². The fourth-order valence-corrected chi connectivity index (χ4v) is 4.13. The van der Waals surface area contributed by atoms with Crippen molar-refractivity contribution in [1.29, 1.82) is 0 Å². The van der Waals surface area contributed by atoms with Crippen LogP contribution in [-0.2, 0) is 17.8 Å². The molecule has 0 aliphatic carbocycles. The highest BCUT2D eigenvalue weighted by Gasteiger charge is 2.20. The minimum absolute atomic E-state index is 0.188. The number of hydrogen-bond acceptors (Lipinski definition) is 4. The molecule has 1 aromatic carbocycles. The van der Waals surface area contributed by atoms with E-state index in [1.807, 2.05) is 28.6 Å². The van der Waals surface area contributed by atoms with Crippen LogP contribution in [0.1, 0.15) is 28.9 Å². The molecule has 4 rings (SSSR count). The van der Waals surface area contributed by atoms with Crippen molar-refractivity contribution in [3.05, 3.63) is 77.4 Å². The van der Waals surface area contributed by atoms with Gasteiger partial charge in [0.05, 0.1) is 17.8 Å². The largest absolute Gasteiger partial charge is 0.341 e. The van der Waals surface area contributed by atoms with Gasteiger partial charge in [0, 0.05) is 50.8 Å². The Hall–Kier alpha value is -2.99. The van der Waals surface area contributed by atoms with E-state index in [1.165, 1.54) is 5.56 Å². The topological polar surface area (TPSA) is 54.3 Å². The summed E-state index contributed by atoms with van der Waals surface area (Å²) in [5.74, 6) is 0.188. The van der Waals surface area contributed by atoms with Crippen LogP contribution < -0.4 is 0 Å². The van der Waals surface area contributed by atoms with Crippen LogP contribution in [0.2, 0.25) is 0 Å². The van der Waals surface area contributed by atoms with Gasteiger partial charge in [-0.2, -0.15) is 5.10 Å². The third-order valence-electron chi connectivity index (χ3n) is 5.64. The first-order chi connectivity index (χ1) is 14.6. The minimum Gasteiger partial charge on any atom is -0.341 e. The van der Waals surface area contributed by atoms with Gasteiger partial charge in [0.1, 0.15) is 0 Å². The quantitative estimate of drug-likeness (QED) is 0.657. The molecule has 0 saturated carbocycles. The predicted molar refractivity (Wildman–Crippen MR) is 117 cm³/mol. The Balaban J connectivity index is 1.41. The first-order valence-electron chi connectivity index (χ1n) is 10.6. The van der Waals surface area contributed by atoms with Gasteiger partial charge in [-0.3, -0.25) is 14.7 Å². The Morgan fingerprint density at radius 3 is 2.67 bits per heavy atom. The van der Waals surface area contributed by atoms with Gasteiger partial charge in [0.15, 0.2) is 0 Å². The first-order valence-corrected chi connectivity index (χ1v) is 10.6. The third-order valence-corrected chi connectivity index (χ3v) is 5.64. The van der Waals surface area contributed by atoms with E-state index in [0.717, 1.165) is 61.8 Å². The lowest BCUT2D eigenvalue weighted by molar-refractivity contribution is -0.130. The smallest absolute Gasteiger partial charge is 0.227 e. The number of hydrogen-bond donors (Lipinski definition) is 0. The van der Waals surface area contributed by atoms with E-state index in [0.29, 0.717) is 6.42 Å². The average Bonchev–Trinajstić information content (AvgIpc) is 2.93. The molecule has 0 bridgehead atoms. The van der Waals surface area contributed by atoms with Crippen molar-refractivity contribution in [1.82, 2.24) is 24.6 Å². The van der Waals surface area contributed by atoms with Gasteiger partial charge in [0.2, 0.25) is 5.91 Å². The zero-order chi connectivity index (χ0) is 20.9. The molecule has 0 spiro atoms. The highest BCUT2D eigenvalue weighted by molar-refractivity contribution is 5.78. The van der Waals surface area contributed by atoms with Crippen molar-refractivity contribution in [3.8, 4) is 5.69 Å². The monoisotopic (exact) mass is 403 g/mol. The summed E-state index contributed by atoms with van der Waals surface area (Å²) in [7, 11) is 0. The molecular formula is C24H29N5O. The predicted octanol–water partition coefficient (Wildman–Crippen LogP) is 3.16. The van der Waals surface area contributed by atoms with E-state index >= 15 is 0 Å². The number of aromatic nitrogens is 3. The van der Waals surface area contributed by atoms with Crippen LogP contribution in [-0.4, -0.2) is 56.7 Å². The molecule has 3 heterocycles. The Labute approximate surface area is 178 Å². The summed E-state index contributed by atoms with van der Waals surface area (Å²) in [5, 5.41) is 4.67. The fourth-order valence-electron chi connectivity index (χ4n) is 4.13. The molecule has 3 aromatic rings. The second kappa shape index (κ2) is 9.22. The molecule has 0 N–H and O–H groups in total. The highest BCUT2D eigenvalue weighted by Crippen LogP contribution is 2.19. The first kappa shape index (κ1) is 20.3. The summed E-state index contributed by atoms with van der Waals surface area (Å²) in [5.41, 5.74) is 5.54. The lowest BCUT2D eigenvalue weighted by Crippen LogP contribution is -2.36. The Kier molecular flexibility index (Phi) is 6.23. The summed E-state index contributed by atoms with van der Waals surface area (Å²) < 4.78 is 2.03. The van der Waals surface area contributed by atoms with E-state index in [2.05, 4.69) is 52.2 Å². The molecule has 6 heteroatoms. The maximum absolute atomic E-state index is 12.7. The number of carbonyl (C=O) groups excluding carboxylic acids is 1. The molecule has 1 saturated heterocycles. The van der Waals surface area contributed by atoms with Crippen molar-refractivity contribution < 1.29 is 4.79 Å². The van der Waals surface area contributed by atoms with Gasteiger partial charge in [-0.1, -0.05) is 24.3 Å². The van der Waals surface area contributed by atoms with Crippen LogP contribution in [0.25, 0.3) is 5.69 Å². The van der Waals surface area contributed by atoms with E-state index in [-0.39, 0.29) is 5.91 Å². The summed E-state index contributed by atoms with van der Waals surface area (Å²) in [6.45, 7) is 8.42. The van der Waals surface area contributed by atoms with Gasteiger partial charge in [0.25, 0.3) is 0 Å². The fraction of sp³-hybridized carbons (Fsp3) is 0.375. The normalized spacial score (nSPS) is 15.2. The molecule has 1 aliphatic heterocycles. The standard InChI is InChI=1S/C24H29N5O/c1-19-15-20(2)29(26-19)23-9-4-3-8-22(23)18-27-11-6-12-28(14-13-27)24(30)16-21-7-5-10-25-17-21/h3-5,7-10,15,17H,6,11-14,16,18H2,1-2H3. The van der Waals surface area contributed by atoms with Crippen LogP contribution >= 0.6 is 0 Å². The summed E-state index contributed by atoms with van der Waals surface area (Å²) >= 11 is 0. The third kappa shape index (κ3) is 4.76. The van der Waals surface area contributed by atoms with Crippen molar-refractivity contribution in [2.24, 2.45) is 0 Å². The van der Waals surface area contributed by atoms with Crippen LogP contribution in [0.15, 0.2) is 54.9 Å². The van der Waals surface area contributed by atoms with Crippen LogP contribution in [0.3, 0.4) is 0 Å². The molecular weight excluding hydrogens is 374 g/mol. The molecule has 0 radical (unpaired) electrons. The molecule has 2 aromatic heterocycles. The Morgan fingerprint density at radius 1 is 1.03 bits per heavy atom. The molecule has 0 unspecified atom stereocenters. The average molecular weight is 404 g/mol. The highest BCUT2D eigenvalue weighted by atomic mass is 16.2. The number of benzene rings is 1. The van der Waals surface area contributed by atoms with Gasteiger partial charge in [-0.25, -0.2) is 4.68 Å². The van der Waals surface area contributed by atoms with Crippen LogP contribution in [0, 0.1) is 13.8 Å². The lowest BCUT2D eigenvalue weighted by atomic mass is 10.1. The Morgan fingerprint density at radius 2 is 1.90 bits per heavy atom. The molecule has 156 valence electrons. The Bertz CT molecular complexity index is 998. The minimum atomic E-state index is 0.188. The molecule has 1 aliphatic rings. The zero-order valence-electron chi connectivity index (χ0n) is 17.8. The van der Waals surface area contributed by atoms with E-state index in [1.54, 1.807) is 12.4 Å². The van der Waals surface area contributed by atoms with Crippen molar-refractivity contribution in [2.45, 2.75) is 33.2 Å². The number of nitrogens with zero attached hydrogens (tertiary/aromatic N) is 5. The van der Waals surface area contributed by atoms with E-state index in [9.17, 15) is 4.79 Å². The molecule has 0 atom stereocenters. The summed E-state index contributed by atoms with van der Waals surface area (Å²) in [4.78, 5) is 21.3. The van der Waals surface area contributed by atoms with Gasteiger partial charge < -0.3 is 4.90 Å².